The predicted octanol–water partition coefficient (Wildman–Crippen LogP) is 8.57. The molecule has 2 aliphatic rings. The monoisotopic (exact) mass is 588 g/mol. The summed E-state index contributed by atoms with van der Waals surface area (Å²) in [5, 5.41) is 18.6. The molecule has 0 aliphatic heterocycles. The normalized spacial score (nSPS) is 11.7. The van der Waals surface area contributed by atoms with Crippen molar-refractivity contribution in [3.63, 3.8) is 0 Å². The van der Waals surface area contributed by atoms with Gasteiger partial charge in [-0.1, -0.05) is 84.9 Å². The van der Waals surface area contributed by atoms with E-state index in [0.717, 1.165) is 36.8 Å². The van der Waals surface area contributed by atoms with E-state index in [-0.39, 0.29) is 26.2 Å². The van der Waals surface area contributed by atoms with Crippen molar-refractivity contribution in [2.45, 2.75) is 25.7 Å². The summed E-state index contributed by atoms with van der Waals surface area (Å²) in [6.07, 6.45) is 21.7. The number of benzene rings is 4. The topological polar surface area (TPSA) is 40.5 Å². The number of rotatable bonds is 4. The SMILES string of the molecule is Oc1cccc(Cc2ccccc2)c1.Oc1cccc(Cc2ccccc2)c1.[C-]1=CC=CC1.[C-]1=CC=CC1.[Zr+2]. The molecular formula is C36H34O2Zr. The van der Waals surface area contributed by atoms with Crippen molar-refractivity contribution in [3.05, 3.63) is 180 Å². The van der Waals surface area contributed by atoms with Gasteiger partial charge in [0.25, 0.3) is 0 Å². The van der Waals surface area contributed by atoms with Gasteiger partial charge in [-0.2, -0.15) is 12.2 Å². The second kappa shape index (κ2) is 19.4. The number of allylic oxidation sites excluding steroid dienone is 8. The second-order valence-corrected chi connectivity index (χ2v) is 8.67. The van der Waals surface area contributed by atoms with E-state index in [4.69, 9.17) is 0 Å². The van der Waals surface area contributed by atoms with Gasteiger partial charge in [-0.15, -0.1) is 12.8 Å². The molecule has 3 heteroatoms. The molecule has 2 aliphatic carbocycles. The van der Waals surface area contributed by atoms with Gasteiger partial charge < -0.3 is 10.2 Å². The molecule has 6 rings (SSSR count). The van der Waals surface area contributed by atoms with Gasteiger partial charge in [0.1, 0.15) is 11.5 Å². The molecule has 0 atom stereocenters. The molecule has 0 saturated heterocycles. The van der Waals surface area contributed by atoms with Gasteiger partial charge in [-0.3, -0.25) is 12.2 Å². The van der Waals surface area contributed by atoms with Crippen molar-refractivity contribution in [1.29, 1.82) is 0 Å². The summed E-state index contributed by atoms with van der Waals surface area (Å²) >= 11 is 0. The van der Waals surface area contributed by atoms with Gasteiger partial charge in [0.15, 0.2) is 0 Å². The Balaban J connectivity index is 0.000000199. The van der Waals surface area contributed by atoms with Crippen LogP contribution in [0.15, 0.2) is 146 Å². The number of hydrogen-bond acceptors (Lipinski definition) is 2. The zero-order chi connectivity index (χ0) is 26.7. The summed E-state index contributed by atoms with van der Waals surface area (Å²) in [6.45, 7) is 0. The van der Waals surface area contributed by atoms with Crippen LogP contribution in [0.3, 0.4) is 0 Å². The van der Waals surface area contributed by atoms with Gasteiger partial charge >= 0.3 is 26.2 Å². The van der Waals surface area contributed by atoms with Crippen molar-refractivity contribution >= 4 is 0 Å². The zero-order valence-electron chi connectivity index (χ0n) is 22.1. The number of phenols is 2. The van der Waals surface area contributed by atoms with Crippen LogP contribution < -0.4 is 0 Å². The minimum Gasteiger partial charge on any atom is -0.508 e. The largest absolute Gasteiger partial charge is 2.00 e. The standard InChI is InChI=1S/2C13H12O.2C5H5.Zr/c2*14-13-8-4-7-12(10-13)9-11-5-2-1-3-6-11;2*1-2-4-5-3-1;/h2*1-8,10,14H,9H2;2*1-3H,4H2;/q;;2*-1;+2. The van der Waals surface area contributed by atoms with E-state index in [2.05, 4.69) is 48.6 Å². The molecule has 0 fully saturated rings. The van der Waals surface area contributed by atoms with Crippen molar-refractivity contribution in [2.24, 2.45) is 0 Å². The fourth-order valence-corrected chi connectivity index (χ4v) is 3.68. The van der Waals surface area contributed by atoms with E-state index >= 15 is 0 Å². The van der Waals surface area contributed by atoms with E-state index in [0.29, 0.717) is 11.5 Å². The molecule has 2 N–H and O–H groups in total. The van der Waals surface area contributed by atoms with Gasteiger partial charge in [0.05, 0.1) is 0 Å². The van der Waals surface area contributed by atoms with E-state index in [1.807, 2.05) is 85.0 Å². The first kappa shape index (κ1) is 31.5. The summed E-state index contributed by atoms with van der Waals surface area (Å²) in [7, 11) is 0. The molecule has 4 aromatic rings. The van der Waals surface area contributed by atoms with Crippen LogP contribution in [0.5, 0.6) is 11.5 Å². The average molecular weight is 590 g/mol. The Kier molecular flexibility index (Phi) is 15.7. The summed E-state index contributed by atoms with van der Waals surface area (Å²) in [5.74, 6) is 0.664. The Hall–Kier alpha value is -3.68. The van der Waals surface area contributed by atoms with Crippen LogP contribution in [0.2, 0.25) is 0 Å². The maximum absolute atomic E-state index is 9.29. The summed E-state index contributed by atoms with van der Waals surface area (Å²) in [5.41, 5.74) is 4.80. The van der Waals surface area contributed by atoms with Gasteiger partial charge in [-0.25, -0.2) is 24.3 Å². The minimum atomic E-state index is 0. The fourth-order valence-electron chi connectivity index (χ4n) is 3.68. The smallest absolute Gasteiger partial charge is 0.508 e. The molecule has 0 spiro atoms. The van der Waals surface area contributed by atoms with Crippen LogP contribution in [0.25, 0.3) is 0 Å². The number of aromatic hydroxyl groups is 2. The zero-order valence-corrected chi connectivity index (χ0v) is 24.5. The first-order valence-corrected chi connectivity index (χ1v) is 12.8. The number of hydrogen-bond donors (Lipinski definition) is 2. The molecule has 0 bridgehead atoms. The molecule has 0 aromatic heterocycles. The molecule has 4 aromatic carbocycles. The van der Waals surface area contributed by atoms with E-state index < -0.39 is 0 Å². The maximum atomic E-state index is 9.29. The van der Waals surface area contributed by atoms with Crippen LogP contribution in [-0.2, 0) is 39.0 Å². The molecule has 2 nitrogen and oxygen atoms in total. The minimum absolute atomic E-state index is 0. The molecule has 0 saturated carbocycles. The molecule has 194 valence electrons. The third-order valence-corrected chi connectivity index (χ3v) is 5.49. The maximum Gasteiger partial charge on any atom is 2.00 e. The molecule has 0 unspecified atom stereocenters. The summed E-state index contributed by atoms with van der Waals surface area (Å²) in [6, 6.07) is 35.2. The van der Waals surface area contributed by atoms with E-state index in [1.165, 1.54) is 11.1 Å². The first-order valence-electron chi connectivity index (χ1n) is 12.8. The van der Waals surface area contributed by atoms with Crippen LogP contribution >= 0.6 is 0 Å². The summed E-state index contributed by atoms with van der Waals surface area (Å²) < 4.78 is 0. The van der Waals surface area contributed by atoms with Gasteiger partial charge in [0.2, 0.25) is 0 Å². The Labute approximate surface area is 252 Å². The second-order valence-electron chi connectivity index (χ2n) is 8.67. The molecule has 39 heavy (non-hydrogen) atoms. The van der Waals surface area contributed by atoms with Crippen LogP contribution in [0.1, 0.15) is 35.1 Å². The quantitative estimate of drug-likeness (QED) is 0.234. The van der Waals surface area contributed by atoms with Gasteiger partial charge in [-0.05, 0) is 59.4 Å². The van der Waals surface area contributed by atoms with Gasteiger partial charge in [0, 0.05) is 0 Å². The Morgan fingerprint density at radius 1 is 0.487 bits per heavy atom. The van der Waals surface area contributed by atoms with Crippen LogP contribution in [-0.4, -0.2) is 10.2 Å². The Morgan fingerprint density at radius 3 is 1.15 bits per heavy atom. The molecule has 0 amide bonds. The average Bonchev–Trinajstić information content (AvgIpc) is 3.71. The van der Waals surface area contributed by atoms with Crippen molar-refractivity contribution in [2.75, 3.05) is 0 Å². The molecule has 0 heterocycles. The third-order valence-electron chi connectivity index (χ3n) is 5.49. The Bertz CT molecular complexity index is 1200. The molecule has 0 radical (unpaired) electrons. The van der Waals surface area contributed by atoms with E-state index in [9.17, 15) is 10.2 Å². The molecular weight excluding hydrogens is 556 g/mol. The van der Waals surface area contributed by atoms with Crippen molar-refractivity contribution < 1.29 is 36.4 Å². The fraction of sp³-hybridized carbons (Fsp3) is 0.111. The van der Waals surface area contributed by atoms with Crippen molar-refractivity contribution in [1.82, 2.24) is 0 Å². The first-order chi connectivity index (χ1) is 18.7. The van der Waals surface area contributed by atoms with Crippen molar-refractivity contribution in [3.8, 4) is 11.5 Å². The van der Waals surface area contributed by atoms with Crippen LogP contribution in [0.4, 0.5) is 0 Å². The summed E-state index contributed by atoms with van der Waals surface area (Å²) in [4.78, 5) is 0. The van der Waals surface area contributed by atoms with Crippen LogP contribution in [0, 0.1) is 12.2 Å². The predicted molar refractivity (Wildman–Crippen MR) is 158 cm³/mol. The number of phenolic OH excluding ortho intramolecular Hbond substituents is 2. The third kappa shape index (κ3) is 14.2. The Morgan fingerprint density at radius 2 is 0.872 bits per heavy atom. The van der Waals surface area contributed by atoms with E-state index in [1.54, 1.807) is 24.3 Å².